The Bertz CT molecular complexity index is 1340. The number of carbonyl (C=O) groups excluding carboxylic acids is 1. The number of nitrogens with zero attached hydrogens (tertiary/aromatic N) is 6. The second kappa shape index (κ2) is 7.15. The predicted molar refractivity (Wildman–Crippen MR) is 119 cm³/mol. The Hall–Kier alpha value is -3.75. The fourth-order valence-corrected chi connectivity index (χ4v) is 4.51. The van der Waals surface area contributed by atoms with E-state index < -0.39 is 0 Å². The molecule has 1 aliphatic heterocycles. The SMILES string of the molecule is CC(=O)N1c2ccc(-c3cnn(C4CC4)c3)c(Oc3ncc4[nH]cnc4n3)c2CCC1C. The fraction of sp³-hybridized carbons (Fsp3) is 0.348. The zero-order chi connectivity index (χ0) is 21.8. The Balaban J connectivity index is 1.50. The number of fused-ring (bicyclic) bond motifs is 2. The van der Waals surface area contributed by atoms with E-state index in [2.05, 4.69) is 38.2 Å². The molecule has 1 fully saturated rings. The summed E-state index contributed by atoms with van der Waals surface area (Å²) in [7, 11) is 0. The summed E-state index contributed by atoms with van der Waals surface area (Å²) in [6.07, 6.45) is 11.2. The third kappa shape index (κ3) is 3.12. The number of carbonyl (C=O) groups is 1. The first-order valence-electron chi connectivity index (χ1n) is 10.9. The third-order valence-electron chi connectivity index (χ3n) is 6.27. The lowest BCUT2D eigenvalue weighted by atomic mass is 9.92. The predicted octanol–water partition coefficient (Wildman–Crippen LogP) is 4.03. The van der Waals surface area contributed by atoms with Crippen LogP contribution in [0.5, 0.6) is 11.8 Å². The maximum Gasteiger partial charge on any atom is 0.324 e. The smallest absolute Gasteiger partial charge is 0.324 e. The number of aromatic nitrogens is 6. The monoisotopic (exact) mass is 429 g/mol. The summed E-state index contributed by atoms with van der Waals surface area (Å²) in [6, 6.07) is 4.87. The minimum absolute atomic E-state index is 0.0212. The van der Waals surface area contributed by atoms with Crippen molar-refractivity contribution in [1.29, 1.82) is 0 Å². The quantitative estimate of drug-likeness (QED) is 0.525. The number of aromatic amines is 1. The van der Waals surface area contributed by atoms with Crippen LogP contribution in [0.25, 0.3) is 22.3 Å². The highest BCUT2D eigenvalue weighted by Gasteiger charge is 2.31. The molecule has 1 aliphatic carbocycles. The zero-order valence-corrected chi connectivity index (χ0v) is 17.9. The molecule has 0 bridgehead atoms. The van der Waals surface area contributed by atoms with E-state index in [9.17, 15) is 4.79 Å². The molecular formula is C23H23N7O2. The van der Waals surface area contributed by atoms with Crippen molar-refractivity contribution in [3.8, 4) is 22.9 Å². The van der Waals surface area contributed by atoms with E-state index in [0.717, 1.165) is 53.6 Å². The van der Waals surface area contributed by atoms with E-state index in [0.29, 0.717) is 17.4 Å². The van der Waals surface area contributed by atoms with Crippen LogP contribution < -0.4 is 9.64 Å². The van der Waals surface area contributed by atoms with Crippen LogP contribution in [0.15, 0.2) is 37.1 Å². The van der Waals surface area contributed by atoms with Crippen LogP contribution in [-0.2, 0) is 11.2 Å². The molecule has 32 heavy (non-hydrogen) atoms. The number of H-pyrrole nitrogens is 1. The Morgan fingerprint density at radius 1 is 1.19 bits per heavy atom. The normalized spacial score (nSPS) is 18.1. The van der Waals surface area contributed by atoms with E-state index in [1.165, 1.54) is 0 Å². The van der Waals surface area contributed by atoms with Gasteiger partial charge in [-0.3, -0.25) is 9.48 Å². The highest BCUT2D eigenvalue weighted by molar-refractivity contribution is 5.95. The van der Waals surface area contributed by atoms with E-state index in [1.807, 2.05) is 27.9 Å². The molecule has 0 saturated heterocycles. The lowest BCUT2D eigenvalue weighted by molar-refractivity contribution is -0.117. The molecule has 4 heterocycles. The second-order valence-corrected chi connectivity index (χ2v) is 8.55. The minimum Gasteiger partial charge on any atom is -0.423 e. The van der Waals surface area contributed by atoms with Crippen molar-refractivity contribution < 1.29 is 9.53 Å². The van der Waals surface area contributed by atoms with E-state index in [1.54, 1.807) is 19.4 Å². The summed E-state index contributed by atoms with van der Waals surface area (Å²) in [5.74, 6) is 0.693. The average molecular weight is 429 g/mol. The zero-order valence-electron chi connectivity index (χ0n) is 17.9. The van der Waals surface area contributed by atoms with Crippen LogP contribution in [0.1, 0.15) is 44.7 Å². The standard InChI is InChI=1S/C23H23N7O2/c1-13-3-6-18-20(30(13)14(2)31)8-7-17(15-9-27-29(11-15)16-4-5-16)21(18)32-23-24-10-19-22(28-23)26-12-25-19/h7-13,16H,3-6H2,1-2H3,(H,24,25,26,28). The van der Waals surface area contributed by atoms with Crippen molar-refractivity contribution >= 4 is 22.8 Å². The molecule has 9 nitrogen and oxygen atoms in total. The molecule has 6 rings (SSSR count). The lowest BCUT2D eigenvalue weighted by Crippen LogP contribution is -2.40. The van der Waals surface area contributed by atoms with E-state index >= 15 is 0 Å². The minimum atomic E-state index is 0.0212. The highest BCUT2D eigenvalue weighted by atomic mass is 16.5. The van der Waals surface area contributed by atoms with Crippen LogP contribution in [-0.4, -0.2) is 41.7 Å². The summed E-state index contributed by atoms with van der Waals surface area (Å²) >= 11 is 0. The number of nitrogens with one attached hydrogen (secondary N) is 1. The van der Waals surface area contributed by atoms with Crippen molar-refractivity contribution in [2.24, 2.45) is 0 Å². The van der Waals surface area contributed by atoms with Crippen LogP contribution in [0, 0.1) is 0 Å². The number of rotatable bonds is 4. The lowest BCUT2D eigenvalue weighted by Gasteiger charge is -2.35. The van der Waals surface area contributed by atoms with Gasteiger partial charge in [-0.1, -0.05) is 0 Å². The number of hydrogen-bond donors (Lipinski definition) is 1. The molecule has 9 heteroatoms. The van der Waals surface area contributed by atoms with Gasteiger partial charge in [0.1, 0.15) is 11.3 Å². The molecule has 4 aromatic rings. The van der Waals surface area contributed by atoms with Crippen LogP contribution in [0.2, 0.25) is 0 Å². The molecule has 1 amide bonds. The first kappa shape index (κ1) is 19.0. The fourth-order valence-electron chi connectivity index (χ4n) is 4.51. The van der Waals surface area contributed by atoms with E-state index in [-0.39, 0.29) is 18.0 Å². The second-order valence-electron chi connectivity index (χ2n) is 8.55. The van der Waals surface area contributed by atoms with Gasteiger partial charge in [0.2, 0.25) is 5.91 Å². The summed E-state index contributed by atoms with van der Waals surface area (Å²) in [4.78, 5) is 30.3. The van der Waals surface area contributed by atoms with Gasteiger partial charge in [-0.05, 0) is 44.7 Å². The third-order valence-corrected chi connectivity index (χ3v) is 6.27. The summed E-state index contributed by atoms with van der Waals surface area (Å²) in [6.45, 7) is 3.68. The molecule has 1 aromatic carbocycles. The van der Waals surface area contributed by atoms with Gasteiger partial charge in [-0.15, -0.1) is 0 Å². The molecule has 1 N–H and O–H groups in total. The molecule has 0 radical (unpaired) electrons. The largest absolute Gasteiger partial charge is 0.423 e. The van der Waals surface area contributed by atoms with Gasteiger partial charge in [-0.2, -0.15) is 10.1 Å². The molecule has 3 aromatic heterocycles. The van der Waals surface area contributed by atoms with Crippen LogP contribution >= 0.6 is 0 Å². The summed E-state index contributed by atoms with van der Waals surface area (Å²) < 4.78 is 8.36. The van der Waals surface area contributed by atoms with Gasteiger partial charge in [0, 0.05) is 35.9 Å². The maximum absolute atomic E-state index is 12.4. The van der Waals surface area contributed by atoms with Gasteiger partial charge in [-0.25, -0.2) is 9.97 Å². The summed E-state index contributed by atoms with van der Waals surface area (Å²) in [5, 5.41) is 4.56. The highest BCUT2D eigenvalue weighted by Crippen LogP contribution is 2.45. The molecule has 0 spiro atoms. The molecule has 1 unspecified atom stereocenters. The van der Waals surface area contributed by atoms with Crippen molar-refractivity contribution in [3.63, 3.8) is 0 Å². The number of amides is 1. The number of hydrogen-bond acceptors (Lipinski definition) is 6. The topological polar surface area (TPSA) is 102 Å². The molecular weight excluding hydrogens is 406 g/mol. The van der Waals surface area contributed by atoms with Gasteiger partial charge < -0.3 is 14.6 Å². The average Bonchev–Trinajstić information content (AvgIpc) is 3.32. The van der Waals surface area contributed by atoms with Crippen molar-refractivity contribution in [3.05, 3.63) is 42.6 Å². The number of ether oxygens (including phenoxy) is 1. The number of benzene rings is 1. The Labute approximate surface area is 184 Å². The molecule has 1 atom stereocenters. The Morgan fingerprint density at radius 2 is 2.06 bits per heavy atom. The van der Waals surface area contributed by atoms with Gasteiger partial charge >= 0.3 is 6.01 Å². The Kier molecular flexibility index (Phi) is 4.24. The van der Waals surface area contributed by atoms with Crippen LogP contribution in [0.4, 0.5) is 5.69 Å². The summed E-state index contributed by atoms with van der Waals surface area (Å²) in [5.41, 5.74) is 5.05. The maximum atomic E-state index is 12.4. The van der Waals surface area contributed by atoms with Crippen LogP contribution in [0.3, 0.4) is 0 Å². The molecule has 2 aliphatic rings. The van der Waals surface area contributed by atoms with E-state index in [4.69, 9.17) is 4.74 Å². The number of imidazole rings is 1. The van der Waals surface area contributed by atoms with Crippen molar-refractivity contribution in [1.82, 2.24) is 29.7 Å². The molecule has 1 saturated carbocycles. The van der Waals surface area contributed by atoms with Gasteiger partial charge in [0.15, 0.2) is 5.65 Å². The first-order valence-corrected chi connectivity index (χ1v) is 10.9. The molecule has 162 valence electrons. The Morgan fingerprint density at radius 3 is 2.88 bits per heavy atom. The van der Waals surface area contributed by atoms with Crippen molar-refractivity contribution in [2.45, 2.75) is 51.6 Å². The first-order chi connectivity index (χ1) is 15.6. The van der Waals surface area contributed by atoms with Gasteiger partial charge in [0.05, 0.1) is 30.5 Å². The van der Waals surface area contributed by atoms with Crippen molar-refractivity contribution in [2.75, 3.05) is 4.90 Å². The van der Waals surface area contributed by atoms with Gasteiger partial charge in [0.25, 0.3) is 0 Å². The number of anilines is 1.